The molecule has 3 nitrogen and oxygen atoms in total. The molecule has 1 unspecified atom stereocenters. The van der Waals surface area contributed by atoms with Gasteiger partial charge in [0.25, 0.3) is 0 Å². The van der Waals surface area contributed by atoms with Gasteiger partial charge in [-0.1, -0.05) is 19.3 Å². The van der Waals surface area contributed by atoms with E-state index >= 15 is 0 Å². The van der Waals surface area contributed by atoms with Crippen LogP contribution in [0.3, 0.4) is 0 Å². The minimum Gasteiger partial charge on any atom is -0.338 e. The van der Waals surface area contributed by atoms with E-state index in [9.17, 15) is 4.79 Å². The van der Waals surface area contributed by atoms with Crippen LogP contribution < -0.4 is 0 Å². The molecule has 0 aromatic rings. The molecule has 2 saturated carbocycles. The predicted octanol–water partition coefficient (Wildman–Crippen LogP) is 2.80. The van der Waals surface area contributed by atoms with Crippen LogP contribution in [0.2, 0.25) is 0 Å². The molecule has 2 saturated heterocycles. The van der Waals surface area contributed by atoms with Crippen molar-refractivity contribution in [3.63, 3.8) is 0 Å². The van der Waals surface area contributed by atoms with E-state index < -0.39 is 0 Å². The van der Waals surface area contributed by atoms with Crippen LogP contribution in [-0.4, -0.2) is 46.9 Å². The third kappa shape index (κ3) is 2.09. The summed E-state index contributed by atoms with van der Waals surface area (Å²) >= 11 is 0. The molecular weight excluding hydrogens is 248 g/mol. The summed E-state index contributed by atoms with van der Waals surface area (Å²) in [4.78, 5) is 18.0. The average molecular weight is 276 g/mol. The fraction of sp³-hybridized carbons (Fsp3) is 0.941. The Labute approximate surface area is 122 Å². The summed E-state index contributed by atoms with van der Waals surface area (Å²) in [5, 5.41) is 0. The minimum atomic E-state index is -0.0694. The van der Waals surface area contributed by atoms with Gasteiger partial charge >= 0.3 is 0 Å². The lowest BCUT2D eigenvalue weighted by molar-refractivity contribution is -0.139. The van der Waals surface area contributed by atoms with Crippen molar-refractivity contribution >= 4 is 5.91 Å². The molecule has 0 aromatic carbocycles. The number of rotatable bonds is 3. The van der Waals surface area contributed by atoms with Gasteiger partial charge in [0, 0.05) is 19.1 Å². The largest absolute Gasteiger partial charge is 0.338 e. The number of carbonyl (C=O) groups excluding carboxylic acids is 1. The molecule has 1 atom stereocenters. The monoisotopic (exact) mass is 276 g/mol. The fourth-order valence-corrected chi connectivity index (χ4v) is 4.86. The van der Waals surface area contributed by atoms with E-state index in [1.807, 2.05) is 0 Å². The molecule has 4 fully saturated rings. The van der Waals surface area contributed by atoms with Crippen molar-refractivity contribution in [3.05, 3.63) is 0 Å². The van der Waals surface area contributed by atoms with Gasteiger partial charge in [0.1, 0.15) is 5.54 Å². The fourth-order valence-electron chi connectivity index (χ4n) is 4.86. The van der Waals surface area contributed by atoms with E-state index in [1.54, 1.807) is 0 Å². The van der Waals surface area contributed by atoms with Crippen LogP contribution in [0.25, 0.3) is 0 Å². The number of hydrogen-bond acceptors (Lipinski definition) is 2. The molecule has 2 aliphatic heterocycles. The van der Waals surface area contributed by atoms with Gasteiger partial charge in [-0.15, -0.1) is 0 Å². The smallest absolute Gasteiger partial charge is 0.243 e. The van der Waals surface area contributed by atoms with Crippen LogP contribution in [0, 0.1) is 5.92 Å². The lowest BCUT2D eigenvalue weighted by Crippen LogP contribution is -2.52. The van der Waals surface area contributed by atoms with Crippen molar-refractivity contribution in [1.29, 1.82) is 0 Å². The van der Waals surface area contributed by atoms with Crippen LogP contribution >= 0.6 is 0 Å². The SMILES string of the molecule is O=C1N(C2CCCCC2)CCC12CCCN2CC1CC1. The Morgan fingerprint density at radius 1 is 0.950 bits per heavy atom. The molecule has 20 heavy (non-hydrogen) atoms. The quantitative estimate of drug-likeness (QED) is 0.791. The molecule has 112 valence electrons. The predicted molar refractivity (Wildman–Crippen MR) is 79.5 cm³/mol. The molecule has 0 radical (unpaired) electrons. The van der Waals surface area contributed by atoms with Crippen molar-refractivity contribution < 1.29 is 4.79 Å². The van der Waals surface area contributed by atoms with E-state index in [4.69, 9.17) is 0 Å². The Bertz CT molecular complexity index is 386. The lowest BCUT2D eigenvalue weighted by atomic mass is 9.92. The first kappa shape index (κ1) is 13.1. The van der Waals surface area contributed by atoms with Gasteiger partial charge < -0.3 is 4.90 Å². The lowest BCUT2D eigenvalue weighted by Gasteiger charge is -2.36. The van der Waals surface area contributed by atoms with Crippen molar-refractivity contribution in [2.24, 2.45) is 5.92 Å². The first-order valence-electron chi connectivity index (χ1n) is 8.86. The van der Waals surface area contributed by atoms with Gasteiger partial charge in [-0.05, 0) is 57.4 Å². The number of likely N-dealkylation sites (tertiary alicyclic amines) is 2. The Balaban J connectivity index is 1.49. The zero-order valence-corrected chi connectivity index (χ0v) is 12.6. The van der Waals surface area contributed by atoms with Gasteiger partial charge in [-0.2, -0.15) is 0 Å². The Morgan fingerprint density at radius 3 is 2.50 bits per heavy atom. The molecule has 2 aliphatic carbocycles. The van der Waals surface area contributed by atoms with Gasteiger partial charge in [0.15, 0.2) is 0 Å². The van der Waals surface area contributed by atoms with Gasteiger partial charge in [0.05, 0.1) is 0 Å². The molecule has 1 spiro atoms. The highest BCUT2D eigenvalue weighted by Gasteiger charge is 2.54. The summed E-state index contributed by atoms with van der Waals surface area (Å²) in [6, 6.07) is 0.569. The number of amides is 1. The van der Waals surface area contributed by atoms with Gasteiger partial charge in [-0.25, -0.2) is 0 Å². The third-order valence-electron chi connectivity index (χ3n) is 6.24. The maximum absolute atomic E-state index is 13.1. The van der Waals surface area contributed by atoms with Crippen LogP contribution in [0.15, 0.2) is 0 Å². The highest BCUT2D eigenvalue weighted by molar-refractivity contribution is 5.89. The zero-order chi connectivity index (χ0) is 13.6. The molecule has 0 aromatic heterocycles. The second-order valence-electron chi connectivity index (χ2n) is 7.56. The molecule has 4 aliphatic rings. The molecule has 1 amide bonds. The molecular formula is C17H28N2O. The number of nitrogens with zero attached hydrogens (tertiary/aromatic N) is 2. The highest BCUT2D eigenvalue weighted by Crippen LogP contribution is 2.43. The summed E-state index contributed by atoms with van der Waals surface area (Å²) in [5.41, 5.74) is -0.0694. The second kappa shape index (κ2) is 5.01. The summed E-state index contributed by atoms with van der Waals surface area (Å²) < 4.78 is 0. The number of carbonyl (C=O) groups is 1. The van der Waals surface area contributed by atoms with Crippen molar-refractivity contribution in [2.45, 2.75) is 75.8 Å². The second-order valence-corrected chi connectivity index (χ2v) is 7.56. The molecule has 0 bridgehead atoms. The molecule has 3 heteroatoms. The maximum Gasteiger partial charge on any atom is 0.243 e. The zero-order valence-electron chi connectivity index (χ0n) is 12.6. The highest BCUT2D eigenvalue weighted by atomic mass is 16.2. The van der Waals surface area contributed by atoms with Crippen LogP contribution in [0.4, 0.5) is 0 Å². The average Bonchev–Trinajstić information content (AvgIpc) is 3.12. The first-order valence-corrected chi connectivity index (χ1v) is 8.86. The Kier molecular flexibility index (Phi) is 3.29. The first-order chi connectivity index (χ1) is 9.79. The van der Waals surface area contributed by atoms with Crippen molar-refractivity contribution in [3.8, 4) is 0 Å². The van der Waals surface area contributed by atoms with Crippen molar-refractivity contribution in [2.75, 3.05) is 19.6 Å². The Morgan fingerprint density at radius 2 is 1.75 bits per heavy atom. The van der Waals surface area contributed by atoms with E-state index in [2.05, 4.69) is 9.80 Å². The third-order valence-corrected chi connectivity index (χ3v) is 6.24. The molecule has 0 N–H and O–H groups in total. The van der Waals surface area contributed by atoms with E-state index in [1.165, 1.54) is 64.5 Å². The summed E-state index contributed by atoms with van der Waals surface area (Å²) in [7, 11) is 0. The summed E-state index contributed by atoms with van der Waals surface area (Å²) in [5.74, 6) is 1.41. The summed E-state index contributed by atoms with van der Waals surface area (Å²) in [6.45, 7) is 3.40. The van der Waals surface area contributed by atoms with Gasteiger partial charge in [-0.3, -0.25) is 9.69 Å². The van der Waals surface area contributed by atoms with E-state index in [0.29, 0.717) is 11.9 Å². The van der Waals surface area contributed by atoms with E-state index in [0.717, 1.165) is 25.3 Å². The standard InChI is InChI=1S/C17H28N2O/c20-16-17(9-4-11-18(17)13-14-7-8-14)10-12-19(16)15-5-2-1-3-6-15/h14-15H,1-13H2. The van der Waals surface area contributed by atoms with Crippen LogP contribution in [-0.2, 0) is 4.79 Å². The Hall–Kier alpha value is -0.570. The van der Waals surface area contributed by atoms with Crippen LogP contribution in [0.5, 0.6) is 0 Å². The van der Waals surface area contributed by atoms with E-state index in [-0.39, 0.29) is 5.54 Å². The number of hydrogen-bond donors (Lipinski definition) is 0. The maximum atomic E-state index is 13.1. The van der Waals surface area contributed by atoms with Crippen LogP contribution in [0.1, 0.15) is 64.2 Å². The topological polar surface area (TPSA) is 23.6 Å². The van der Waals surface area contributed by atoms with Gasteiger partial charge in [0.2, 0.25) is 5.91 Å². The molecule has 2 heterocycles. The van der Waals surface area contributed by atoms with Crippen molar-refractivity contribution in [1.82, 2.24) is 9.80 Å². The minimum absolute atomic E-state index is 0.0694. The molecule has 4 rings (SSSR count). The summed E-state index contributed by atoms with van der Waals surface area (Å²) in [6.07, 6.45) is 12.8. The normalized spacial score (nSPS) is 36.4.